The summed E-state index contributed by atoms with van der Waals surface area (Å²) < 4.78 is 29.0. The number of carbonyl (C=O) groups excluding carboxylic acids is 2. The normalized spacial score (nSPS) is 12.9. The molecule has 0 spiro atoms. The number of rotatable bonds is 12. The lowest BCUT2D eigenvalue weighted by molar-refractivity contribution is -0.140. The zero-order chi connectivity index (χ0) is 30.3. The maximum absolute atomic E-state index is 14.2. The smallest absolute Gasteiger partial charge is 0.264 e. The van der Waals surface area contributed by atoms with E-state index in [0.717, 1.165) is 15.4 Å². The minimum Gasteiger partial charge on any atom is -0.352 e. The fraction of sp³-hybridized carbons (Fsp3) is 0.355. The van der Waals surface area contributed by atoms with Crippen LogP contribution in [0.3, 0.4) is 0 Å². The van der Waals surface area contributed by atoms with E-state index in [1.165, 1.54) is 17.0 Å². The van der Waals surface area contributed by atoms with Gasteiger partial charge in [0.1, 0.15) is 12.6 Å². The molecule has 0 aromatic heterocycles. The van der Waals surface area contributed by atoms with Crippen molar-refractivity contribution in [2.24, 2.45) is 0 Å². The maximum atomic E-state index is 14.2. The fourth-order valence-corrected chi connectivity index (χ4v) is 6.29. The van der Waals surface area contributed by atoms with Gasteiger partial charge in [0.05, 0.1) is 10.6 Å². The van der Waals surface area contributed by atoms with Crippen LogP contribution in [-0.4, -0.2) is 43.8 Å². The molecule has 220 valence electrons. The number of anilines is 1. The molecule has 3 aromatic rings. The topological polar surface area (TPSA) is 86.8 Å². The van der Waals surface area contributed by atoms with E-state index in [0.29, 0.717) is 34.1 Å². The Kier molecular flexibility index (Phi) is 11.2. The molecule has 0 heterocycles. The monoisotopic (exact) mass is 617 g/mol. The van der Waals surface area contributed by atoms with Gasteiger partial charge in [-0.15, -0.1) is 0 Å². The SMILES string of the molecule is CC[C@H](C)NC(=O)[C@H](CC)N(Cc1c(Cl)cccc1Cl)C(=O)CN(c1cccc(C)c1)S(=O)(=O)c1ccc(C)cc1. The van der Waals surface area contributed by atoms with Gasteiger partial charge in [-0.25, -0.2) is 8.42 Å². The lowest BCUT2D eigenvalue weighted by Gasteiger charge is -2.34. The Labute approximate surface area is 253 Å². The molecule has 0 saturated carbocycles. The molecule has 0 aliphatic heterocycles. The molecule has 0 aliphatic carbocycles. The molecule has 2 atom stereocenters. The van der Waals surface area contributed by atoms with Crippen LogP contribution in [-0.2, 0) is 26.2 Å². The highest BCUT2D eigenvalue weighted by atomic mass is 35.5. The first kappa shape index (κ1) is 32.4. The first-order valence-electron chi connectivity index (χ1n) is 13.6. The summed E-state index contributed by atoms with van der Waals surface area (Å²) in [6.07, 6.45) is 1.01. The summed E-state index contributed by atoms with van der Waals surface area (Å²) in [6.45, 7) is 8.75. The molecule has 41 heavy (non-hydrogen) atoms. The summed E-state index contributed by atoms with van der Waals surface area (Å²) in [5.41, 5.74) is 2.55. The van der Waals surface area contributed by atoms with E-state index in [2.05, 4.69) is 5.32 Å². The molecule has 0 unspecified atom stereocenters. The van der Waals surface area contributed by atoms with Gasteiger partial charge in [-0.3, -0.25) is 13.9 Å². The number of hydrogen-bond donors (Lipinski definition) is 1. The maximum Gasteiger partial charge on any atom is 0.264 e. The molecule has 1 N–H and O–H groups in total. The zero-order valence-electron chi connectivity index (χ0n) is 24.0. The van der Waals surface area contributed by atoms with Crippen LogP contribution in [0.4, 0.5) is 5.69 Å². The molecule has 0 fully saturated rings. The minimum absolute atomic E-state index is 0.0552. The van der Waals surface area contributed by atoms with Crippen molar-refractivity contribution in [3.05, 3.63) is 93.5 Å². The van der Waals surface area contributed by atoms with E-state index >= 15 is 0 Å². The van der Waals surface area contributed by atoms with Gasteiger partial charge in [-0.2, -0.15) is 0 Å². The van der Waals surface area contributed by atoms with Gasteiger partial charge in [0.25, 0.3) is 10.0 Å². The van der Waals surface area contributed by atoms with Gasteiger partial charge in [-0.05, 0) is 75.6 Å². The summed E-state index contributed by atoms with van der Waals surface area (Å²) in [5, 5.41) is 3.64. The fourth-order valence-electron chi connectivity index (χ4n) is 4.36. The first-order valence-corrected chi connectivity index (χ1v) is 15.8. The molecule has 10 heteroatoms. The Morgan fingerprint density at radius 3 is 2.05 bits per heavy atom. The quantitative estimate of drug-likeness (QED) is 0.250. The number of nitrogens with zero attached hydrogens (tertiary/aromatic N) is 2. The molecule has 0 bridgehead atoms. The second-order valence-electron chi connectivity index (χ2n) is 10.1. The predicted molar refractivity (Wildman–Crippen MR) is 166 cm³/mol. The Morgan fingerprint density at radius 2 is 1.49 bits per heavy atom. The lowest BCUT2D eigenvalue weighted by atomic mass is 10.1. The van der Waals surface area contributed by atoms with E-state index in [9.17, 15) is 18.0 Å². The third kappa shape index (κ3) is 8.03. The van der Waals surface area contributed by atoms with Gasteiger partial charge in [-0.1, -0.05) is 72.9 Å². The Morgan fingerprint density at radius 1 is 0.878 bits per heavy atom. The van der Waals surface area contributed by atoms with Gasteiger partial charge in [0.15, 0.2) is 0 Å². The number of hydrogen-bond acceptors (Lipinski definition) is 4. The van der Waals surface area contributed by atoms with Crippen LogP contribution in [0.5, 0.6) is 0 Å². The highest BCUT2D eigenvalue weighted by molar-refractivity contribution is 7.92. The number of aryl methyl sites for hydroxylation is 2. The molecule has 3 rings (SSSR count). The van der Waals surface area contributed by atoms with E-state index in [1.807, 2.05) is 33.8 Å². The van der Waals surface area contributed by atoms with Crippen molar-refractivity contribution >= 4 is 50.7 Å². The molecular weight excluding hydrogens is 581 g/mol. The largest absolute Gasteiger partial charge is 0.352 e. The average Bonchev–Trinajstić information content (AvgIpc) is 2.93. The summed E-state index contributed by atoms with van der Waals surface area (Å²) in [6, 6.07) is 17.4. The molecule has 0 radical (unpaired) electrons. The van der Waals surface area contributed by atoms with Crippen molar-refractivity contribution in [1.82, 2.24) is 10.2 Å². The van der Waals surface area contributed by atoms with Crippen LogP contribution in [0.1, 0.15) is 50.3 Å². The van der Waals surface area contributed by atoms with Crippen molar-refractivity contribution < 1.29 is 18.0 Å². The number of nitrogens with one attached hydrogen (secondary N) is 1. The average molecular weight is 619 g/mol. The third-order valence-corrected chi connectivity index (χ3v) is 9.45. The second kappa shape index (κ2) is 14.2. The van der Waals surface area contributed by atoms with E-state index in [1.54, 1.807) is 55.5 Å². The third-order valence-electron chi connectivity index (χ3n) is 6.95. The van der Waals surface area contributed by atoms with Gasteiger partial charge >= 0.3 is 0 Å². The second-order valence-corrected chi connectivity index (χ2v) is 12.8. The Balaban J connectivity index is 2.10. The van der Waals surface area contributed by atoms with Crippen LogP contribution in [0.15, 0.2) is 71.6 Å². The highest BCUT2D eigenvalue weighted by Gasteiger charge is 2.34. The first-order chi connectivity index (χ1) is 19.4. The van der Waals surface area contributed by atoms with Crippen LogP contribution in [0.2, 0.25) is 10.0 Å². The Bertz CT molecular complexity index is 1460. The molecule has 2 amide bonds. The van der Waals surface area contributed by atoms with Gasteiger partial charge in [0, 0.05) is 28.2 Å². The number of sulfonamides is 1. The van der Waals surface area contributed by atoms with E-state index in [4.69, 9.17) is 23.2 Å². The molecule has 3 aromatic carbocycles. The van der Waals surface area contributed by atoms with Gasteiger partial charge < -0.3 is 10.2 Å². The number of carbonyl (C=O) groups is 2. The molecule has 0 saturated heterocycles. The van der Waals surface area contributed by atoms with Crippen molar-refractivity contribution in [3.8, 4) is 0 Å². The molecular formula is C31H37Cl2N3O4S. The molecule has 7 nitrogen and oxygen atoms in total. The van der Waals surface area contributed by atoms with E-state index in [-0.39, 0.29) is 23.4 Å². The Hall–Kier alpha value is -3.07. The summed E-state index contributed by atoms with van der Waals surface area (Å²) in [7, 11) is -4.15. The summed E-state index contributed by atoms with van der Waals surface area (Å²) >= 11 is 12.9. The standard InChI is InChI=1S/C31H37Cl2N3O4S/c1-6-23(5)34-31(38)29(7-2)35(19-26-27(32)12-9-13-28(26)33)30(37)20-36(24-11-8-10-22(4)18-24)41(39,40)25-16-14-21(3)15-17-25/h8-18,23,29H,6-7,19-20H2,1-5H3,(H,34,38)/t23-,29-/m0/s1. The van der Waals surface area contributed by atoms with E-state index < -0.39 is 28.5 Å². The summed E-state index contributed by atoms with van der Waals surface area (Å²) in [5.74, 6) is -0.897. The van der Waals surface area contributed by atoms with Gasteiger partial charge in [0.2, 0.25) is 11.8 Å². The van der Waals surface area contributed by atoms with Crippen molar-refractivity contribution in [1.29, 1.82) is 0 Å². The predicted octanol–water partition coefficient (Wildman–Crippen LogP) is 6.53. The minimum atomic E-state index is -4.15. The van der Waals surface area contributed by atoms with Crippen molar-refractivity contribution in [2.75, 3.05) is 10.8 Å². The number of halogens is 2. The van der Waals surface area contributed by atoms with Crippen molar-refractivity contribution in [2.45, 2.75) is 71.0 Å². The van der Waals surface area contributed by atoms with Crippen LogP contribution < -0.4 is 9.62 Å². The van der Waals surface area contributed by atoms with Crippen LogP contribution in [0.25, 0.3) is 0 Å². The van der Waals surface area contributed by atoms with Crippen LogP contribution in [0, 0.1) is 13.8 Å². The lowest BCUT2D eigenvalue weighted by Crippen LogP contribution is -2.53. The summed E-state index contributed by atoms with van der Waals surface area (Å²) in [4.78, 5) is 29.0. The zero-order valence-corrected chi connectivity index (χ0v) is 26.4. The number of benzene rings is 3. The van der Waals surface area contributed by atoms with Crippen molar-refractivity contribution in [3.63, 3.8) is 0 Å². The molecule has 0 aliphatic rings. The number of amides is 2. The highest BCUT2D eigenvalue weighted by Crippen LogP contribution is 2.29. The van der Waals surface area contributed by atoms with Crippen LogP contribution >= 0.6 is 23.2 Å².